The number of halogens is 5. The number of nitrogens with zero attached hydrogens (tertiary/aromatic N) is 1. The van der Waals surface area contributed by atoms with Gasteiger partial charge in [-0.3, -0.25) is 4.79 Å². The molecular weight excluding hydrogens is 326 g/mol. The summed E-state index contributed by atoms with van der Waals surface area (Å²) in [6.45, 7) is -0.196. The molecule has 0 aliphatic rings. The van der Waals surface area contributed by atoms with Crippen LogP contribution in [0.25, 0.3) is 0 Å². The molecule has 1 aromatic heterocycles. The number of hydrogen-bond acceptors (Lipinski definition) is 3. The van der Waals surface area contributed by atoms with Crippen molar-refractivity contribution in [1.82, 2.24) is 4.98 Å². The zero-order valence-electron chi connectivity index (χ0n) is 10.8. The summed E-state index contributed by atoms with van der Waals surface area (Å²) < 4.78 is 57.6. The molecule has 0 bridgehead atoms. The lowest BCUT2D eigenvalue weighted by Crippen LogP contribution is -2.15. The summed E-state index contributed by atoms with van der Waals surface area (Å²) >= 11 is 5.51. The molecule has 1 heterocycles. The highest BCUT2D eigenvalue weighted by Crippen LogP contribution is 2.38. The second-order valence-corrected chi connectivity index (χ2v) is 4.56. The Kier molecular flexibility index (Phi) is 4.65. The van der Waals surface area contributed by atoms with Gasteiger partial charge < -0.3 is 4.74 Å². The molecule has 0 aliphatic heterocycles. The molecule has 0 fully saturated rings. The van der Waals surface area contributed by atoms with Crippen molar-refractivity contribution >= 4 is 17.9 Å². The monoisotopic (exact) mass is 333 g/mol. The van der Waals surface area contributed by atoms with E-state index in [4.69, 9.17) is 16.3 Å². The maximum atomic E-state index is 14.0. The molecular formula is C14H8ClF4NO2. The minimum absolute atomic E-state index is 0.192. The number of rotatable bonds is 4. The number of benzene rings is 1. The minimum Gasteiger partial charge on any atom is -0.471 e. The Labute approximate surface area is 127 Å². The van der Waals surface area contributed by atoms with Crippen LogP contribution in [0.1, 0.15) is 21.5 Å². The van der Waals surface area contributed by atoms with Crippen molar-refractivity contribution in [3.8, 4) is 5.88 Å². The number of carbonyl (C=O) groups is 1. The molecule has 2 aromatic rings. The standard InChI is InChI=1S/C14H8ClF4NO2/c15-12-9(6-21)10(14(17,18)19)11(16)13(20-12)22-7-8-4-2-1-3-5-8/h1-6H,7H2. The SMILES string of the molecule is O=Cc1c(Cl)nc(OCc2ccccc2)c(F)c1C(F)(F)F. The van der Waals surface area contributed by atoms with Gasteiger partial charge in [0.1, 0.15) is 17.3 Å². The maximum absolute atomic E-state index is 14.0. The quantitative estimate of drug-likeness (QED) is 0.476. The molecule has 0 atom stereocenters. The van der Waals surface area contributed by atoms with Crippen LogP contribution >= 0.6 is 11.6 Å². The van der Waals surface area contributed by atoms with Crippen molar-refractivity contribution in [2.45, 2.75) is 12.8 Å². The lowest BCUT2D eigenvalue weighted by Gasteiger charge is -2.14. The Balaban J connectivity index is 2.41. The summed E-state index contributed by atoms with van der Waals surface area (Å²) in [5, 5.41) is -0.771. The van der Waals surface area contributed by atoms with Crippen LogP contribution in [0.15, 0.2) is 30.3 Å². The largest absolute Gasteiger partial charge is 0.471 e. The van der Waals surface area contributed by atoms with Gasteiger partial charge >= 0.3 is 6.18 Å². The summed E-state index contributed by atoms with van der Waals surface area (Å²) in [5.74, 6) is -2.68. The van der Waals surface area contributed by atoms with Gasteiger partial charge in [0, 0.05) is 0 Å². The number of carbonyl (C=O) groups excluding carboxylic acids is 1. The molecule has 0 saturated carbocycles. The van der Waals surface area contributed by atoms with E-state index in [2.05, 4.69) is 4.98 Å². The molecule has 1 aromatic carbocycles. The first kappa shape index (κ1) is 16.2. The van der Waals surface area contributed by atoms with Crippen molar-refractivity contribution in [3.05, 3.63) is 58.0 Å². The van der Waals surface area contributed by atoms with Gasteiger partial charge in [-0.25, -0.2) is 4.39 Å². The highest BCUT2D eigenvalue weighted by molar-refractivity contribution is 6.32. The number of aldehydes is 1. The number of hydrogen-bond donors (Lipinski definition) is 0. The Morgan fingerprint density at radius 2 is 1.86 bits per heavy atom. The van der Waals surface area contributed by atoms with Gasteiger partial charge in [0.2, 0.25) is 0 Å². The normalized spacial score (nSPS) is 11.3. The van der Waals surface area contributed by atoms with Gasteiger partial charge in [-0.2, -0.15) is 18.2 Å². The van der Waals surface area contributed by atoms with Crippen LogP contribution in [-0.2, 0) is 12.8 Å². The second kappa shape index (κ2) is 6.31. The molecule has 3 nitrogen and oxygen atoms in total. The lowest BCUT2D eigenvalue weighted by atomic mass is 10.1. The molecule has 0 N–H and O–H groups in total. The fourth-order valence-corrected chi connectivity index (χ4v) is 1.95. The zero-order chi connectivity index (χ0) is 16.3. The summed E-state index contributed by atoms with van der Waals surface area (Å²) in [6.07, 6.45) is -5.29. The lowest BCUT2D eigenvalue weighted by molar-refractivity contribution is -0.140. The fourth-order valence-electron chi connectivity index (χ4n) is 1.73. The Morgan fingerprint density at radius 1 is 1.23 bits per heavy atom. The molecule has 0 aliphatic carbocycles. The number of alkyl halides is 3. The molecule has 2 rings (SSSR count). The molecule has 8 heteroatoms. The summed E-state index contributed by atoms with van der Waals surface area (Å²) in [6, 6.07) is 8.39. The van der Waals surface area contributed by atoms with Crippen LogP contribution in [-0.4, -0.2) is 11.3 Å². The molecule has 116 valence electrons. The molecule has 0 radical (unpaired) electrons. The van der Waals surface area contributed by atoms with E-state index >= 15 is 0 Å². The third-order valence-corrected chi connectivity index (χ3v) is 3.01. The van der Waals surface area contributed by atoms with Crippen molar-refractivity contribution in [1.29, 1.82) is 0 Å². The van der Waals surface area contributed by atoms with E-state index in [0.29, 0.717) is 5.56 Å². The van der Waals surface area contributed by atoms with Crippen molar-refractivity contribution in [3.63, 3.8) is 0 Å². The summed E-state index contributed by atoms with van der Waals surface area (Å²) in [5.41, 5.74) is -2.24. The molecule has 0 spiro atoms. The van der Waals surface area contributed by atoms with Gasteiger partial charge in [0.05, 0.1) is 5.56 Å². The predicted molar refractivity (Wildman–Crippen MR) is 70.4 cm³/mol. The van der Waals surface area contributed by atoms with Crippen molar-refractivity contribution in [2.24, 2.45) is 0 Å². The predicted octanol–water partition coefficient (Wildman–Crippen LogP) is 4.28. The highest BCUT2D eigenvalue weighted by atomic mass is 35.5. The molecule has 0 unspecified atom stereocenters. The van der Waals surface area contributed by atoms with Crippen LogP contribution in [0.4, 0.5) is 17.6 Å². The Morgan fingerprint density at radius 3 is 2.41 bits per heavy atom. The summed E-state index contributed by atoms with van der Waals surface area (Å²) in [7, 11) is 0. The summed E-state index contributed by atoms with van der Waals surface area (Å²) in [4.78, 5) is 14.1. The number of aromatic nitrogens is 1. The molecule has 0 saturated heterocycles. The van der Waals surface area contributed by atoms with Crippen LogP contribution in [0.5, 0.6) is 5.88 Å². The third-order valence-electron chi connectivity index (χ3n) is 2.72. The smallest absolute Gasteiger partial charge is 0.420 e. The van der Waals surface area contributed by atoms with E-state index in [0.717, 1.165) is 0 Å². The molecule has 22 heavy (non-hydrogen) atoms. The second-order valence-electron chi connectivity index (χ2n) is 4.20. The van der Waals surface area contributed by atoms with E-state index in [1.807, 2.05) is 0 Å². The van der Waals surface area contributed by atoms with Gasteiger partial charge in [-0.15, -0.1) is 0 Å². The molecule has 0 amide bonds. The Hall–Kier alpha value is -2.15. The van der Waals surface area contributed by atoms with Crippen LogP contribution in [0, 0.1) is 5.82 Å². The van der Waals surface area contributed by atoms with E-state index in [1.165, 1.54) is 0 Å². The third kappa shape index (κ3) is 3.36. The van der Waals surface area contributed by atoms with Crippen molar-refractivity contribution < 1.29 is 27.1 Å². The number of pyridine rings is 1. The highest BCUT2D eigenvalue weighted by Gasteiger charge is 2.40. The van der Waals surface area contributed by atoms with Crippen LogP contribution < -0.4 is 4.74 Å². The van der Waals surface area contributed by atoms with E-state index in [9.17, 15) is 22.4 Å². The first-order valence-corrected chi connectivity index (χ1v) is 6.30. The van der Waals surface area contributed by atoms with Gasteiger partial charge in [-0.05, 0) is 5.56 Å². The van der Waals surface area contributed by atoms with E-state index in [1.54, 1.807) is 30.3 Å². The first-order chi connectivity index (χ1) is 10.3. The van der Waals surface area contributed by atoms with Gasteiger partial charge in [0.25, 0.3) is 5.88 Å². The van der Waals surface area contributed by atoms with Crippen LogP contribution in [0.3, 0.4) is 0 Å². The zero-order valence-corrected chi connectivity index (χ0v) is 11.6. The van der Waals surface area contributed by atoms with Crippen molar-refractivity contribution in [2.75, 3.05) is 0 Å². The minimum atomic E-state index is -5.10. The maximum Gasteiger partial charge on any atom is 0.420 e. The van der Waals surface area contributed by atoms with Crippen LogP contribution in [0.2, 0.25) is 5.15 Å². The first-order valence-electron chi connectivity index (χ1n) is 5.92. The van der Waals surface area contributed by atoms with Gasteiger partial charge in [0.15, 0.2) is 12.1 Å². The van der Waals surface area contributed by atoms with Gasteiger partial charge in [-0.1, -0.05) is 41.9 Å². The number of ether oxygens (including phenoxy) is 1. The average molecular weight is 334 g/mol. The topological polar surface area (TPSA) is 39.2 Å². The Bertz CT molecular complexity index is 689. The fraction of sp³-hybridized carbons (Fsp3) is 0.143. The average Bonchev–Trinajstić information content (AvgIpc) is 2.47. The van der Waals surface area contributed by atoms with E-state index in [-0.39, 0.29) is 12.9 Å². The van der Waals surface area contributed by atoms with E-state index < -0.39 is 34.2 Å².